The first-order valence-corrected chi connectivity index (χ1v) is 16.8. The van der Waals surface area contributed by atoms with E-state index in [1.807, 2.05) is 89.0 Å². The minimum atomic E-state index is -0.0851. The molecule has 246 valence electrons. The molecule has 4 rings (SSSR count). The number of aryl methyl sites for hydroxylation is 1. The van der Waals surface area contributed by atoms with Crippen LogP contribution in [-0.4, -0.2) is 85.1 Å². The highest BCUT2D eigenvalue weighted by molar-refractivity contribution is 6.34. The van der Waals surface area contributed by atoms with E-state index in [2.05, 4.69) is 35.8 Å². The molecular formula is C37H54ClN5O2. The van der Waals surface area contributed by atoms with Gasteiger partial charge in [-0.05, 0) is 62.3 Å². The van der Waals surface area contributed by atoms with Gasteiger partial charge in [-0.2, -0.15) is 0 Å². The summed E-state index contributed by atoms with van der Waals surface area (Å²) in [5.74, 6) is 0.708. The van der Waals surface area contributed by atoms with Gasteiger partial charge in [-0.25, -0.2) is 0 Å². The van der Waals surface area contributed by atoms with Crippen LogP contribution in [-0.2, 0) is 0 Å². The van der Waals surface area contributed by atoms with Gasteiger partial charge in [0.25, 0.3) is 5.91 Å². The van der Waals surface area contributed by atoms with Crippen LogP contribution in [0.5, 0.6) is 5.75 Å². The van der Waals surface area contributed by atoms with Crippen molar-refractivity contribution in [1.82, 2.24) is 19.7 Å². The number of aromatic nitrogens is 1. The summed E-state index contributed by atoms with van der Waals surface area (Å²) in [7, 11) is 1.68. The quantitative estimate of drug-likeness (QED) is 0.228. The molecule has 2 aromatic carbocycles. The Bertz CT molecular complexity index is 1400. The smallest absolute Gasteiger partial charge is 0.256 e. The van der Waals surface area contributed by atoms with Crippen LogP contribution in [0.3, 0.4) is 0 Å². The first kappa shape index (κ1) is 37.8. The summed E-state index contributed by atoms with van der Waals surface area (Å²) < 4.78 is 5.63. The van der Waals surface area contributed by atoms with Crippen molar-refractivity contribution in [2.24, 2.45) is 0 Å². The SMILES string of the molecule is C/C=C(/c1ccccc1OC)c1cc(-c2cc(Cl)c(N)c(C(=O)N3CCN(CCN(CC)CC)CC3)c2)cnc1C.CC.CC. The van der Waals surface area contributed by atoms with Crippen molar-refractivity contribution in [2.75, 3.05) is 65.2 Å². The third-order valence-corrected chi connectivity index (χ3v) is 8.36. The molecule has 1 aliphatic rings. The number of carbonyl (C=O) groups excluding carboxylic acids is 1. The highest BCUT2D eigenvalue weighted by Gasteiger charge is 2.25. The monoisotopic (exact) mass is 635 g/mol. The van der Waals surface area contributed by atoms with Gasteiger partial charge < -0.3 is 20.3 Å². The summed E-state index contributed by atoms with van der Waals surface area (Å²) in [6.07, 6.45) is 3.89. The van der Waals surface area contributed by atoms with Crippen LogP contribution in [0.25, 0.3) is 16.7 Å². The van der Waals surface area contributed by atoms with Gasteiger partial charge in [0.1, 0.15) is 5.75 Å². The van der Waals surface area contributed by atoms with Crippen molar-refractivity contribution < 1.29 is 9.53 Å². The molecule has 45 heavy (non-hydrogen) atoms. The number of ether oxygens (including phenoxy) is 1. The molecule has 2 N–H and O–H groups in total. The second-order valence-electron chi connectivity index (χ2n) is 10.3. The molecule has 0 saturated carbocycles. The molecule has 0 radical (unpaired) electrons. The van der Waals surface area contributed by atoms with Crippen LogP contribution in [0, 0.1) is 6.92 Å². The number of carbonyl (C=O) groups is 1. The van der Waals surface area contributed by atoms with E-state index in [4.69, 9.17) is 27.1 Å². The number of piperazine rings is 1. The zero-order valence-electron chi connectivity index (χ0n) is 28.9. The Morgan fingerprint density at radius 3 is 2.20 bits per heavy atom. The number of methoxy groups -OCH3 is 1. The predicted octanol–water partition coefficient (Wildman–Crippen LogP) is 7.90. The number of pyridine rings is 1. The fourth-order valence-corrected chi connectivity index (χ4v) is 5.64. The molecule has 1 aliphatic heterocycles. The highest BCUT2D eigenvalue weighted by Crippen LogP contribution is 2.36. The first-order valence-electron chi connectivity index (χ1n) is 16.4. The molecule has 1 fully saturated rings. The number of likely N-dealkylation sites (N-methyl/N-ethyl adjacent to an activating group) is 1. The van der Waals surface area contributed by atoms with E-state index in [0.29, 0.717) is 29.4 Å². The van der Waals surface area contributed by atoms with E-state index in [-0.39, 0.29) is 5.91 Å². The Morgan fingerprint density at radius 1 is 0.978 bits per heavy atom. The first-order chi connectivity index (χ1) is 21.8. The normalized spacial score (nSPS) is 13.5. The Balaban J connectivity index is 0.00000169. The van der Waals surface area contributed by atoms with Crippen LogP contribution in [0.4, 0.5) is 5.69 Å². The van der Waals surface area contributed by atoms with Gasteiger partial charge >= 0.3 is 0 Å². The second kappa shape index (κ2) is 19.2. The molecule has 0 aliphatic carbocycles. The molecule has 7 nitrogen and oxygen atoms in total. The van der Waals surface area contributed by atoms with Crippen LogP contribution in [0.2, 0.25) is 5.02 Å². The van der Waals surface area contributed by atoms with Gasteiger partial charge in [-0.1, -0.05) is 77.4 Å². The number of allylic oxidation sites excluding steroid dienone is 1. The summed E-state index contributed by atoms with van der Waals surface area (Å²) in [6, 6.07) is 13.7. The number of nitrogens with two attached hydrogens (primary N) is 1. The minimum absolute atomic E-state index is 0.0851. The Morgan fingerprint density at radius 2 is 1.60 bits per heavy atom. The second-order valence-corrected chi connectivity index (χ2v) is 10.7. The molecule has 0 spiro atoms. The van der Waals surface area contributed by atoms with E-state index in [9.17, 15) is 4.79 Å². The summed E-state index contributed by atoms with van der Waals surface area (Å²) >= 11 is 6.61. The van der Waals surface area contributed by atoms with Crippen molar-refractivity contribution in [3.8, 4) is 16.9 Å². The van der Waals surface area contributed by atoms with E-state index in [1.165, 1.54) is 0 Å². The van der Waals surface area contributed by atoms with Gasteiger partial charge in [-0.3, -0.25) is 14.7 Å². The Labute approximate surface area is 277 Å². The number of nitrogens with zero attached hydrogens (tertiary/aromatic N) is 4. The molecule has 1 amide bonds. The van der Waals surface area contributed by atoms with Crippen molar-refractivity contribution in [1.29, 1.82) is 0 Å². The summed E-state index contributed by atoms with van der Waals surface area (Å²) in [4.78, 5) is 25.1. The van der Waals surface area contributed by atoms with Crippen LogP contribution < -0.4 is 10.5 Å². The third kappa shape index (κ3) is 9.55. The molecule has 3 aromatic rings. The average molecular weight is 636 g/mol. The van der Waals surface area contributed by atoms with Crippen molar-refractivity contribution in [2.45, 2.75) is 55.4 Å². The number of anilines is 1. The van der Waals surface area contributed by atoms with Gasteiger partial charge in [-0.15, -0.1) is 0 Å². The van der Waals surface area contributed by atoms with Crippen molar-refractivity contribution in [3.05, 3.63) is 82.1 Å². The van der Waals surface area contributed by atoms with Gasteiger partial charge in [0, 0.05) is 67.8 Å². The number of para-hydroxylation sites is 1. The lowest BCUT2D eigenvalue weighted by atomic mass is 9.93. The number of hydrogen-bond donors (Lipinski definition) is 1. The minimum Gasteiger partial charge on any atom is -0.496 e. The van der Waals surface area contributed by atoms with Gasteiger partial charge in [0.15, 0.2) is 0 Å². The Kier molecular flexibility index (Phi) is 16.1. The molecular weight excluding hydrogens is 582 g/mol. The standard InChI is InChI=1S/C33H42ClN5O2.2C2H6/c1-6-26(27-11-9-10-12-31(27)41-5)28-20-25(22-36-23(28)4)24-19-29(32(35)30(34)21-24)33(40)39-17-15-38(16-18-39)14-13-37(7-2)8-3;2*1-2/h6,9-12,19-22H,7-8,13-18,35H2,1-5H3;2*1-2H3/b26-6-;;. The van der Waals surface area contributed by atoms with Crippen molar-refractivity contribution >= 4 is 28.8 Å². The molecule has 1 saturated heterocycles. The lowest BCUT2D eigenvalue weighted by Crippen LogP contribution is -2.50. The van der Waals surface area contributed by atoms with Crippen LogP contribution in [0.1, 0.15) is 75.6 Å². The third-order valence-electron chi connectivity index (χ3n) is 8.04. The predicted molar refractivity (Wildman–Crippen MR) is 192 cm³/mol. The lowest BCUT2D eigenvalue weighted by Gasteiger charge is -2.36. The summed E-state index contributed by atoms with van der Waals surface area (Å²) in [5, 5.41) is 0.363. The van der Waals surface area contributed by atoms with Crippen molar-refractivity contribution in [3.63, 3.8) is 0 Å². The van der Waals surface area contributed by atoms with E-state index in [1.54, 1.807) is 7.11 Å². The number of amides is 1. The Hall–Kier alpha value is -3.39. The van der Waals surface area contributed by atoms with E-state index in [0.717, 1.165) is 78.5 Å². The number of rotatable bonds is 10. The highest BCUT2D eigenvalue weighted by atomic mass is 35.5. The fourth-order valence-electron chi connectivity index (χ4n) is 5.42. The van der Waals surface area contributed by atoms with E-state index < -0.39 is 0 Å². The summed E-state index contributed by atoms with van der Waals surface area (Å²) in [5.41, 5.74) is 12.7. The van der Waals surface area contributed by atoms with Gasteiger partial charge in [0.05, 0.1) is 23.4 Å². The molecule has 0 unspecified atom stereocenters. The topological polar surface area (TPSA) is 74.9 Å². The largest absolute Gasteiger partial charge is 0.496 e. The molecule has 1 aromatic heterocycles. The maximum absolute atomic E-state index is 13.7. The number of halogens is 1. The molecule has 0 bridgehead atoms. The molecule has 0 atom stereocenters. The molecule has 8 heteroatoms. The number of hydrogen-bond acceptors (Lipinski definition) is 6. The number of benzene rings is 2. The fraction of sp³-hybridized carbons (Fsp3) is 0.459. The zero-order valence-corrected chi connectivity index (χ0v) is 29.7. The lowest BCUT2D eigenvalue weighted by molar-refractivity contribution is 0.0626. The molecule has 2 heterocycles. The number of nitrogen functional groups attached to an aromatic ring is 1. The average Bonchev–Trinajstić information content (AvgIpc) is 3.09. The summed E-state index contributed by atoms with van der Waals surface area (Å²) in [6.45, 7) is 23.6. The zero-order chi connectivity index (χ0) is 33.5. The maximum atomic E-state index is 13.7. The maximum Gasteiger partial charge on any atom is 0.256 e. The van der Waals surface area contributed by atoms with Crippen LogP contribution in [0.15, 0.2) is 54.7 Å². The van der Waals surface area contributed by atoms with E-state index >= 15 is 0 Å². The van der Waals surface area contributed by atoms with Crippen LogP contribution >= 0.6 is 11.6 Å². The van der Waals surface area contributed by atoms with Gasteiger partial charge in [0.2, 0.25) is 0 Å².